The van der Waals surface area contributed by atoms with E-state index in [1.807, 2.05) is 22.6 Å². The lowest BCUT2D eigenvalue weighted by molar-refractivity contribution is -0.136. The molecule has 0 aliphatic carbocycles. The van der Waals surface area contributed by atoms with Gasteiger partial charge in [0.1, 0.15) is 11.9 Å². The minimum atomic E-state index is -0.302. The number of nitrogens with zero attached hydrogens (tertiary/aromatic N) is 4. The van der Waals surface area contributed by atoms with E-state index in [0.29, 0.717) is 32.8 Å². The van der Waals surface area contributed by atoms with E-state index in [1.165, 1.54) is 0 Å². The Morgan fingerprint density at radius 3 is 2.35 bits per heavy atom. The number of amides is 2. The Labute approximate surface area is 137 Å². The first-order chi connectivity index (χ1) is 11.0. The van der Waals surface area contributed by atoms with Crippen molar-refractivity contribution in [3.63, 3.8) is 0 Å². The predicted molar refractivity (Wildman–Crippen MR) is 86.2 cm³/mol. The molecule has 2 amide bonds. The largest absolute Gasteiger partial charge is 0.450 e. The average molecular weight is 322 g/mol. The Morgan fingerprint density at radius 1 is 1.17 bits per heavy atom. The molecule has 0 saturated carbocycles. The smallest absolute Gasteiger partial charge is 0.409 e. The SMILES string of the molecule is CCOC(=O)N1CCN(C(=O)C(C)n2ccnc2C(C)C)CC1. The van der Waals surface area contributed by atoms with Gasteiger partial charge in [0.2, 0.25) is 5.91 Å². The van der Waals surface area contributed by atoms with Gasteiger partial charge in [-0.05, 0) is 13.8 Å². The van der Waals surface area contributed by atoms with Gasteiger partial charge < -0.3 is 19.1 Å². The second kappa shape index (κ2) is 7.48. The van der Waals surface area contributed by atoms with Gasteiger partial charge >= 0.3 is 6.09 Å². The van der Waals surface area contributed by atoms with Gasteiger partial charge in [0.05, 0.1) is 6.61 Å². The quantitative estimate of drug-likeness (QED) is 0.848. The Kier molecular flexibility index (Phi) is 5.63. The van der Waals surface area contributed by atoms with Crippen LogP contribution in [0, 0.1) is 0 Å². The average Bonchev–Trinajstić information content (AvgIpc) is 3.03. The van der Waals surface area contributed by atoms with Gasteiger partial charge in [-0.1, -0.05) is 13.8 Å². The molecule has 0 N–H and O–H groups in total. The normalized spacial score (nSPS) is 16.6. The van der Waals surface area contributed by atoms with Gasteiger partial charge in [-0.25, -0.2) is 9.78 Å². The maximum Gasteiger partial charge on any atom is 0.409 e. The number of carbonyl (C=O) groups is 2. The van der Waals surface area contributed by atoms with Gasteiger partial charge in [0, 0.05) is 44.5 Å². The summed E-state index contributed by atoms with van der Waals surface area (Å²) in [6.07, 6.45) is 3.29. The molecule has 0 bridgehead atoms. The lowest BCUT2D eigenvalue weighted by Gasteiger charge is -2.35. The molecule has 1 saturated heterocycles. The number of piperazine rings is 1. The molecule has 128 valence electrons. The topological polar surface area (TPSA) is 67.7 Å². The van der Waals surface area contributed by atoms with Crippen LogP contribution in [0.15, 0.2) is 12.4 Å². The van der Waals surface area contributed by atoms with Crippen molar-refractivity contribution in [2.24, 2.45) is 0 Å². The first kappa shape index (κ1) is 17.3. The molecule has 1 aromatic heterocycles. The Balaban J connectivity index is 1.97. The van der Waals surface area contributed by atoms with Crippen molar-refractivity contribution in [3.8, 4) is 0 Å². The van der Waals surface area contributed by atoms with E-state index in [-0.39, 0.29) is 24.0 Å². The van der Waals surface area contributed by atoms with E-state index >= 15 is 0 Å². The van der Waals surface area contributed by atoms with Crippen molar-refractivity contribution in [1.82, 2.24) is 19.4 Å². The molecule has 1 aromatic rings. The first-order valence-corrected chi connectivity index (χ1v) is 8.18. The minimum absolute atomic E-state index is 0.0633. The van der Waals surface area contributed by atoms with E-state index in [2.05, 4.69) is 18.8 Å². The monoisotopic (exact) mass is 322 g/mol. The van der Waals surface area contributed by atoms with Crippen LogP contribution in [0.5, 0.6) is 0 Å². The summed E-state index contributed by atoms with van der Waals surface area (Å²) in [6, 6.07) is -0.288. The molecule has 2 rings (SSSR count). The van der Waals surface area contributed by atoms with Crippen LogP contribution < -0.4 is 0 Å². The van der Waals surface area contributed by atoms with Gasteiger partial charge in [-0.3, -0.25) is 4.79 Å². The Hall–Kier alpha value is -2.05. The molecule has 2 heterocycles. The summed E-state index contributed by atoms with van der Waals surface area (Å²) in [6.45, 7) is 10.3. The summed E-state index contributed by atoms with van der Waals surface area (Å²) in [7, 11) is 0. The van der Waals surface area contributed by atoms with Crippen molar-refractivity contribution in [1.29, 1.82) is 0 Å². The zero-order valence-electron chi connectivity index (χ0n) is 14.4. The van der Waals surface area contributed by atoms with Crippen LogP contribution in [-0.2, 0) is 9.53 Å². The summed E-state index contributed by atoms with van der Waals surface area (Å²) in [4.78, 5) is 32.2. The van der Waals surface area contributed by atoms with Gasteiger partial charge in [-0.15, -0.1) is 0 Å². The van der Waals surface area contributed by atoms with Gasteiger partial charge in [0.15, 0.2) is 0 Å². The third kappa shape index (κ3) is 3.83. The van der Waals surface area contributed by atoms with E-state index < -0.39 is 0 Å². The highest BCUT2D eigenvalue weighted by molar-refractivity contribution is 5.80. The molecule has 7 heteroatoms. The Morgan fingerprint density at radius 2 is 1.78 bits per heavy atom. The van der Waals surface area contributed by atoms with Crippen LogP contribution in [0.3, 0.4) is 0 Å². The van der Waals surface area contributed by atoms with E-state index in [9.17, 15) is 9.59 Å². The lowest BCUT2D eigenvalue weighted by Crippen LogP contribution is -2.52. The highest BCUT2D eigenvalue weighted by atomic mass is 16.6. The zero-order valence-corrected chi connectivity index (χ0v) is 14.4. The fourth-order valence-electron chi connectivity index (χ4n) is 2.81. The molecule has 7 nitrogen and oxygen atoms in total. The fraction of sp³-hybridized carbons (Fsp3) is 0.688. The van der Waals surface area contributed by atoms with Crippen molar-refractivity contribution in [3.05, 3.63) is 18.2 Å². The number of hydrogen-bond acceptors (Lipinski definition) is 4. The third-order valence-electron chi connectivity index (χ3n) is 4.11. The number of hydrogen-bond donors (Lipinski definition) is 0. The Bertz CT molecular complexity index is 547. The number of rotatable bonds is 4. The highest BCUT2D eigenvalue weighted by Gasteiger charge is 2.29. The summed E-state index contributed by atoms with van der Waals surface area (Å²) in [5.74, 6) is 1.24. The summed E-state index contributed by atoms with van der Waals surface area (Å²) >= 11 is 0. The van der Waals surface area contributed by atoms with Crippen molar-refractivity contribution in [2.45, 2.75) is 39.7 Å². The molecule has 0 radical (unpaired) electrons. The molecule has 1 aliphatic rings. The standard InChI is InChI=1S/C16H26N4O3/c1-5-23-16(22)19-10-8-18(9-11-19)15(21)13(4)20-7-6-17-14(20)12(2)3/h6-7,12-13H,5,8-11H2,1-4H3. The third-order valence-corrected chi connectivity index (χ3v) is 4.11. The number of imidazole rings is 1. The molecule has 1 aliphatic heterocycles. The molecule has 1 fully saturated rings. The van der Waals surface area contributed by atoms with Gasteiger partial charge in [0.25, 0.3) is 0 Å². The number of ether oxygens (including phenoxy) is 1. The molecular weight excluding hydrogens is 296 g/mol. The lowest BCUT2D eigenvalue weighted by atomic mass is 10.2. The molecule has 23 heavy (non-hydrogen) atoms. The van der Waals surface area contributed by atoms with Crippen LogP contribution in [0.2, 0.25) is 0 Å². The van der Waals surface area contributed by atoms with E-state index in [0.717, 1.165) is 5.82 Å². The highest BCUT2D eigenvalue weighted by Crippen LogP contribution is 2.19. The minimum Gasteiger partial charge on any atom is -0.450 e. The predicted octanol–water partition coefficient (Wildman–Crippen LogP) is 1.87. The molecule has 0 spiro atoms. The van der Waals surface area contributed by atoms with Gasteiger partial charge in [-0.2, -0.15) is 0 Å². The number of aromatic nitrogens is 2. The van der Waals surface area contributed by atoms with Crippen LogP contribution in [0.1, 0.15) is 45.5 Å². The van der Waals surface area contributed by atoms with Crippen molar-refractivity contribution in [2.75, 3.05) is 32.8 Å². The first-order valence-electron chi connectivity index (χ1n) is 8.18. The van der Waals surface area contributed by atoms with Crippen LogP contribution in [0.4, 0.5) is 4.79 Å². The van der Waals surface area contributed by atoms with Crippen LogP contribution in [-0.4, -0.2) is 64.1 Å². The second-order valence-corrected chi connectivity index (χ2v) is 6.03. The summed E-state index contributed by atoms with van der Waals surface area (Å²) in [5.41, 5.74) is 0. The van der Waals surface area contributed by atoms with Crippen LogP contribution in [0.25, 0.3) is 0 Å². The fourth-order valence-corrected chi connectivity index (χ4v) is 2.81. The van der Waals surface area contributed by atoms with Crippen LogP contribution >= 0.6 is 0 Å². The number of carbonyl (C=O) groups excluding carboxylic acids is 2. The summed E-state index contributed by atoms with van der Waals surface area (Å²) in [5, 5.41) is 0. The maximum atomic E-state index is 12.7. The van der Waals surface area contributed by atoms with Crippen molar-refractivity contribution >= 4 is 12.0 Å². The van der Waals surface area contributed by atoms with E-state index in [4.69, 9.17) is 4.74 Å². The van der Waals surface area contributed by atoms with E-state index in [1.54, 1.807) is 18.0 Å². The molecular formula is C16H26N4O3. The molecule has 1 atom stereocenters. The molecule has 0 aromatic carbocycles. The molecule has 1 unspecified atom stereocenters. The zero-order chi connectivity index (χ0) is 17.0. The maximum absolute atomic E-state index is 12.7. The summed E-state index contributed by atoms with van der Waals surface area (Å²) < 4.78 is 6.93. The second-order valence-electron chi connectivity index (χ2n) is 6.03. The van der Waals surface area contributed by atoms with Crippen molar-refractivity contribution < 1.29 is 14.3 Å².